The number of ether oxygens (including phenoxy) is 1. The van der Waals surface area contributed by atoms with Gasteiger partial charge in [-0.05, 0) is 63.8 Å². The van der Waals surface area contributed by atoms with Gasteiger partial charge in [0.2, 0.25) is 0 Å². The van der Waals surface area contributed by atoms with E-state index in [-0.39, 0.29) is 6.09 Å². The molecule has 0 radical (unpaired) electrons. The molecule has 1 N–H and O–H groups in total. The monoisotopic (exact) mass is 325 g/mol. The number of nitrogens with zero attached hydrogens (tertiary/aromatic N) is 1. The van der Waals surface area contributed by atoms with Gasteiger partial charge in [0.05, 0.1) is 5.60 Å². The average Bonchev–Trinajstić information content (AvgIpc) is 2.40. The number of hydrogen-bond donors (Lipinski definition) is 1. The SMILES string of the molecule is Cc1ccc(Cl)cc1C1(O)CCN(C(=O)OC(C)(C)C)CC1. The molecular formula is C17H24ClNO3. The van der Waals surface area contributed by atoms with Gasteiger partial charge in [-0.1, -0.05) is 17.7 Å². The number of benzene rings is 1. The van der Waals surface area contributed by atoms with Crippen LogP contribution in [0.15, 0.2) is 18.2 Å². The van der Waals surface area contributed by atoms with E-state index in [1.54, 1.807) is 4.90 Å². The third kappa shape index (κ3) is 3.93. The Morgan fingerprint density at radius 2 is 1.91 bits per heavy atom. The first kappa shape index (κ1) is 17.1. The van der Waals surface area contributed by atoms with Crippen molar-refractivity contribution in [3.63, 3.8) is 0 Å². The lowest BCUT2D eigenvalue weighted by Crippen LogP contribution is -2.47. The molecule has 1 fully saturated rings. The highest BCUT2D eigenvalue weighted by Gasteiger charge is 2.37. The maximum absolute atomic E-state index is 12.1. The molecule has 0 bridgehead atoms. The van der Waals surface area contributed by atoms with E-state index in [4.69, 9.17) is 16.3 Å². The first-order chi connectivity index (χ1) is 10.1. The van der Waals surface area contributed by atoms with Crippen LogP contribution >= 0.6 is 11.6 Å². The fraction of sp³-hybridized carbons (Fsp3) is 0.588. The van der Waals surface area contributed by atoms with Crippen molar-refractivity contribution in [1.82, 2.24) is 4.90 Å². The summed E-state index contributed by atoms with van der Waals surface area (Å²) in [4.78, 5) is 13.7. The first-order valence-corrected chi connectivity index (χ1v) is 7.95. The molecule has 22 heavy (non-hydrogen) atoms. The van der Waals surface area contributed by atoms with E-state index < -0.39 is 11.2 Å². The molecule has 1 aliphatic rings. The number of rotatable bonds is 1. The summed E-state index contributed by atoms with van der Waals surface area (Å²) in [6, 6.07) is 5.55. The third-order valence-corrected chi connectivity index (χ3v) is 4.18. The molecule has 122 valence electrons. The molecule has 5 heteroatoms. The van der Waals surface area contributed by atoms with Crippen molar-refractivity contribution in [2.24, 2.45) is 0 Å². The molecule has 0 atom stereocenters. The molecule has 2 rings (SSSR count). The minimum absolute atomic E-state index is 0.322. The van der Waals surface area contributed by atoms with E-state index in [0.29, 0.717) is 31.0 Å². The Balaban J connectivity index is 2.07. The Morgan fingerprint density at radius 3 is 2.45 bits per heavy atom. The second-order valence-corrected chi connectivity index (χ2v) is 7.39. The second-order valence-electron chi connectivity index (χ2n) is 6.96. The van der Waals surface area contributed by atoms with Crippen molar-refractivity contribution in [3.8, 4) is 0 Å². The topological polar surface area (TPSA) is 49.8 Å². The van der Waals surface area contributed by atoms with E-state index in [9.17, 15) is 9.90 Å². The van der Waals surface area contributed by atoms with Crippen molar-refractivity contribution >= 4 is 17.7 Å². The fourth-order valence-corrected chi connectivity index (χ4v) is 2.92. The zero-order valence-corrected chi connectivity index (χ0v) is 14.4. The molecule has 1 saturated heterocycles. The van der Waals surface area contributed by atoms with Crippen molar-refractivity contribution in [1.29, 1.82) is 0 Å². The summed E-state index contributed by atoms with van der Waals surface area (Å²) in [5.41, 5.74) is 0.420. The zero-order chi connectivity index (χ0) is 16.5. The summed E-state index contributed by atoms with van der Waals surface area (Å²) >= 11 is 6.05. The van der Waals surface area contributed by atoms with E-state index in [1.807, 2.05) is 45.9 Å². The lowest BCUT2D eigenvalue weighted by atomic mass is 9.82. The highest BCUT2D eigenvalue weighted by atomic mass is 35.5. The summed E-state index contributed by atoms with van der Waals surface area (Å²) in [7, 11) is 0. The molecule has 1 aliphatic heterocycles. The fourth-order valence-electron chi connectivity index (χ4n) is 2.75. The van der Waals surface area contributed by atoms with Crippen LogP contribution in [0.1, 0.15) is 44.7 Å². The highest BCUT2D eigenvalue weighted by Crippen LogP contribution is 2.36. The van der Waals surface area contributed by atoms with Crippen molar-refractivity contribution in [2.75, 3.05) is 13.1 Å². The Hall–Kier alpha value is -1.26. The largest absolute Gasteiger partial charge is 0.444 e. The number of piperidine rings is 1. The maximum Gasteiger partial charge on any atom is 0.410 e. The number of carbonyl (C=O) groups excluding carboxylic acids is 1. The third-order valence-electron chi connectivity index (χ3n) is 3.94. The second kappa shape index (κ2) is 6.09. The molecule has 1 aromatic carbocycles. The predicted octanol–water partition coefficient (Wildman–Crippen LogP) is 3.87. The molecule has 0 aliphatic carbocycles. The Labute approximate surface area is 137 Å². The van der Waals surface area contributed by atoms with E-state index in [2.05, 4.69) is 0 Å². The lowest BCUT2D eigenvalue weighted by molar-refractivity contribution is -0.0359. The van der Waals surface area contributed by atoms with Gasteiger partial charge in [-0.15, -0.1) is 0 Å². The van der Waals surface area contributed by atoms with Crippen molar-refractivity contribution in [2.45, 2.75) is 51.7 Å². The van der Waals surface area contributed by atoms with Gasteiger partial charge in [0.25, 0.3) is 0 Å². The predicted molar refractivity (Wildman–Crippen MR) is 87.1 cm³/mol. The maximum atomic E-state index is 12.1. The van der Waals surface area contributed by atoms with Crippen LogP contribution in [-0.2, 0) is 10.3 Å². The molecular weight excluding hydrogens is 302 g/mol. The minimum Gasteiger partial charge on any atom is -0.444 e. The quantitative estimate of drug-likeness (QED) is 0.852. The normalized spacial score (nSPS) is 18.2. The van der Waals surface area contributed by atoms with Crippen molar-refractivity contribution in [3.05, 3.63) is 34.3 Å². The zero-order valence-electron chi connectivity index (χ0n) is 13.6. The molecule has 1 aromatic rings. The van der Waals surface area contributed by atoms with Gasteiger partial charge in [-0.3, -0.25) is 0 Å². The lowest BCUT2D eigenvalue weighted by Gasteiger charge is -2.39. The number of amides is 1. The number of carbonyl (C=O) groups is 1. The number of aliphatic hydroxyl groups is 1. The van der Waals surface area contributed by atoms with Gasteiger partial charge >= 0.3 is 6.09 Å². The van der Waals surface area contributed by atoms with Crippen molar-refractivity contribution < 1.29 is 14.6 Å². The molecule has 4 nitrogen and oxygen atoms in total. The highest BCUT2D eigenvalue weighted by molar-refractivity contribution is 6.30. The van der Waals surface area contributed by atoms with Gasteiger partial charge in [0, 0.05) is 18.1 Å². The van der Waals surface area contributed by atoms with E-state index >= 15 is 0 Å². The van der Waals surface area contributed by atoms with Gasteiger partial charge in [-0.2, -0.15) is 0 Å². The summed E-state index contributed by atoms with van der Waals surface area (Å²) in [6.07, 6.45) is 0.637. The Kier molecular flexibility index (Phi) is 4.73. The summed E-state index contributed by atoms with van der Waals surface area (Å²) in [5, 5.41) is 11.6. The minimum atomic E-state index is -0.937. The Morgan fingerprint density at radius 1 is 1.32 bits per heavy atom. The molecule has 1 amide bonds. The molecule has 0 saturated carbocycles. The summed E-state index contributed by atoms with van der Waals surface area (Å²) in [5.74, 6) is 0. The molecule has 1 heterocycles. The smallest absolute Gasteiger partial charge is 0.410 e. The summed E-state index contributed by atoms with van der Waals surface area (Å²) in [6.45, 7) is 8.44. The van der Waals surface area contributed by atoms with Gasteiger partial charge in [-0.25, -0.2) is 4.79 Å². The standard InChI is InChI=1S/C17H24ClNO3/c1-12-5-6-13(18)11-14(12)17(21)7-9-19(10-8-17)15(20)22-16(2,3)4/h5-6,11,21H,7-10H2,1-4H3. The van der Waals surface area contributed by atoms with Gasteiger partial charge in [0.1, 0.15) is 5.60 Å². The molecule has 0 unspecified atom stereocenters. The molecule has 0 spiro atoms. The first-order valence-electron chi connectivity index (χ1n) is 7.58. The van der Waals surface area contributed by atoms with Crippen LogP contribution in [0.4, 0.5) is 4.79 Å². The van der Waals surface area contributed by atoms with Crippen LogP contribution in [0.3, 0.4) is 0 Å². The summed E-state index contributed by atoms with van der Waals surface area (Å²) < 4.78 is 5.38. The average molecular weight is 326 g/mol. The van der Waals surface area contributed by atoms with Gasteiger partial charge in [0.15, 0.2) is 0 Å². The number of hydrogen-bond acceptors (Lipinski definition) is 3. The van der Waals surface area contributed by atoms with Gasteiger partial charge < -0.3 is 14.7 Å². The number of aryl methyl sites for hydroxylation is 1. The van der Waals surface area contributed by atoms with Crippen LogP contribution in [0.2, 0.25) is 5.02 Å². The van der Waals surface area contributed by atoms with E-state index in [0.717, 1.165) is 11.1 Å². The van der Waals surface area contributed by atoms with E-state index in [1.165, 1.54) is 0 Å². The number of halogens is 1. The van der Waals surface area contributed by atoms with Crippen LogP contribution in [0, 0.1) is 6.92 Å². The van der Waals surface area contributed by atoms with Crippen LogP contribution in [0.25, 0.3) is 0 Å². The Bertz CT molecular complexity index is 558. The number of likely N-dealkylation sites (tertiary alicyclic amines) is 1. The van der Waals surface area contributed by atoms with Crippen LogP contribution in [-0.4, -0.2) is 34.8 Å². The van der Waals surface area contributed by atoms with Crippen LogP contribution < -0.4 is 0 Å². The van der Waals surface area contributed by atoms with Crippen LogP contribution in [0.5, 0.6) is 0 Å². The molecule has 0 aromatic heterocycles.